The maximum Gasteiger partial charge on any atom is 0.280 e. The van der Waals surface area contributed by atoms with Gasteiger partial charge in [-0.1, -0.05) is 36.4 Å². The number of para-hydroxylation sites is 2. The molecule has 5 nitrogen and oxygen atoms in total. The highest BCUT2D eigenvalue weighted by Crippen LogP contribution is 2.28. The van der Waals surface area contributed by atoms with Crippen molar-refractivity contribution in [2.45, 2.75) is 13.3 Å². The minimum atomic E-state index is -0.0883. The molecule has 114 valence electrons. The Kier molecular flexibility index (Phi) is 3.19. The van der Waals surface area contributed by atoms with Crippen LogP contribution in [-0.2, 0) is 6.42 Å². The lowest BCUT2D eigenvalue weighted by Gasteiger charge is -2.15. The van der Waals surface area contributed by atoms with Crippen LogP contribution in [-0.4, -0.2) is 27.4 Å². The quantitative estimate of drug-likeness (QED) is 0.731. The third kappa shape index (κ3) is 2.30. The van der Waals surface area contributed by atoms with Gasteiger partial charge in [0.25, 0.3) is 5.91 Å². The molecule has 2 heterocycles. The second-order valence-corrected chi connectivity index (χ2v) is 5.59. The molecule has 2 aromatic carbocycles. The van der Waals surface area contributed by atoms with Crippen molar-refractivity contribution >= 4 is 11.6 Å². The number of hydrogen-bond acceptors (Lipinski definition) is 3. The van der Waals surface area contributed by atoms with Crippen LogP contribution in [0.2, 0.25) is 0 Å². The van der Waals surface area contributed by atoms with E-state index in [-0.39, 0.29) is 5.91 Å². The maximum atomic E-state index is 12.9. The molecule has 0 bridgehead atoms. The molecule has 1 aromatic heterocycles. The monoisotopic (exact) mass is 304 g/mol. The number of carbonyl (C=O) groups is 1. The summed E-state index contributed by atoms with van der Waals surface area (Å²) in [6.07, 6.45) is 0.883. The van der Waals surface area contributed by atoms with E-state index in [0.29, 0.717) is 17.9 Å². The fourth-order valence-corrected chi connectivity index (χ4v) is 2.93. The minimum Gasteiger partial charge on any atom is -0.306 e. The van der Waals surface area contributed by atoms with Gasteiger partial charge < -0.3 is 4.90 Å². The smallest absolute Gasteiger partial charge is 0.280 e. The van der Waals surface area contributed by atoms with Crippen LogP contribution in [0.25, 0.3) is 5.69 Å². The SMILES string of the molecule is Cc1nn(-c2ccccc2)nc1C(=O)N1CCc2ccccc21. The lowest BCUT2D eigenvalue weighted by molar-refractivity contribution is 0.0983. The van der Waals surface area contributed by atoms with E-state index < -0.39 is 0 Å². The predicted octanol–water partition coefficient (Wildman–Crippen LogP) is 2.78. The first-order valence-corrected chi connectivity index (χ1v) is 7.63. The lowest BCUT2D eigenvalue weighted by Crippen LogP contribution is -2.29. The van der Waals surface area contributed by atoms with Crippen molar-refractivity contribution in [2.75, 3.05) is 11.4 Å². The van der Waals surface area contributed by atoms with Crippen molar-refractivity contribution in [1.82, 2.24) is 15.0 Å². The van der Waals surface area contributed by atoms with Crippen LogP contribution in [0, 0.1) is 6.92 Å². The van der Waals surface area contributed by atoms with Gasteiger partial charge >= 0.3 is 0 Å². The van der Waals surface area contributed by atoms with Gasteiger partial charge in [0.15, 0.2) is 5.69 Å². The summed E-state index contributed by atoms with van der Waals surface area (Å²) >= 11 is 0. The molecule has 1 amide bonds. The van der Waals surface area contributed by atoms with E-state index in [1.165, 1.54) is 10.4 Å². The van der Waals surface area contributed by atoms with Crippen molar-refractivity contribution in [3.8, 4) is 5.69 Å². The summed E-state index contributed by atoms with van der Waals surface area (Å²) in [6.45, 7) is 2.51. The van der Waals surface area contributed by atoms with E-state index in [9.17, 15) is 4.79 Å². The van der Waals surface area contributed by atoms with Gasteiger partial charge in [0, 0.05) is 12.2 Å². The first-order chi connectivity index (χ1) is 11.2. The van der Waals surface area contributed by atoms with Gasteiger partial charge in [-0.25, -0.2) is 0 Å². The van der Waals surface area contributed by atoms with Gasteiger partial charge in [0.2, 0.25) is 0 Å². The minimum absolute atomic E-state index is 0.0883. The lowest BCUT2D eigenvalue weighted by atomic mass is 10.2. The Morgan fingerprint density at radius 2 is 1.74 bits per heavy atom. The third-order valence-corrected chi connectivity index (χ3v) is 4.10. The van der Waals surface area contributed by atoms with Gasteiger partial charge in [-0.2, -0.15) is 9.90 Å². The van der Waals surface area contributed by atoms with E-state index in [4.69, 9.17) is 0 Å². The Hall–Kier alpha value is -2.95. The Labute approximate surface area is 134 Å². The fraction of sp³-hybridized carbons (Fsp3) is 0.167. The van der Waals surface area contributed by atoms with Crippen LogP contribution in [0.3, 0.4) is 0 Å². The molecule has 0 spiro atoms. The van der Waals surface area contributed by atoms with E-state index in [1.54, 1.807) is 4.90 Å². The largest absolute Gasteiger partial charge is 0.306 e. The molecule has 0 aliphatic carbocycles. The molecule has 0 saturated heterocycles. The van der Waals surface area contributed by atoms with Crippen LogP contribution >= 0.6 is 0 Å². The van der Waals surface area contributed by atoms with Gasteiger partial charge in [-0.15, -0.1) is 5.10 Å². The summed E-state index contributed by atoms with van der Waals surface area (Å²) in [5.41, 5.74) is 4.07. The topological polar surface area (TPSA) is 51.0 Å². The average Bonchev–Trinajstić information content (AvgIpc) is 3.19. The molecule has 0 atom stereocenters. The Morgan fingerprint density at radius 1 is 1.00 bits per heavy atom. The van der Waals surface area contributed by atoms with Gasteiger partial charge in [-0.05, 0) is 37.1 Å². The van der Waals surface area contributed by atoms with Crippen molar-refractivity contribution < 1.29 is 4.79 Å². The normalized spacial score (nSPS) is 13.2. The van der Waals surface area contributed by atoms with Crippen molar-refractivity contribution in [3.05, 3.63) is 71.5 Å². The number of aryl methyl sites for hydroxylation is 1. The van der Waals surface area contributed by atoms with Gasteiger partial charge in [0.1, 0.15) is 0 Å². The molecular weight excluding hydrogens is 288 g/mol. The summed E-state index contributed by atoms with van der Waals surface area (Å²) in [6, 6.07) is 17.6. The number of anilines is 1. The number of hydrogen-bond donors (Lipinski definition) is 0. The number of aromatic nitrogens is 3. The Morgan fingerprint density at radius 3 is 2.57 bits per heavy atom. The average molecular weight is 304 g/mol. The molecular formula is C18H16N4O. The fourth-order valence-electron chi connectivity index (χ4n) is 2.93. The number of nitrogens with zero attached hydrogens (tertiary/aromatic N) is 4. The maximum absolute atomic E-state index is 12.9. The second kappa shape index (κ2) is 5.35. The summed E-state index contributed by atoms with van der Waals surface area (Å²) in [5.74, 6) is -0.0883. The number of benzene rings is 2. The van der Waals surface area contributed by atoms with Crippen LogP contribution in [0.5, 0.6) is 0 Å². The number of fused-ring (bicyclic) bond motifs is 1. The second-order valence-electron chi connectivity index (χ2n) is 5.59. The number of carbonyl (C=O) groups excluding carboxylic acids is 1. The molecule has 0 radical (unpaired) electrons. The molecule has 5 heteroatoms. The highest BCUT2D eigenvalue weighted by atomic mass is 16.2. The van der Waals surface area contributed by atoms with Crippen LogP contribution in [0.1, 0.15) is 21.7 Å². The standard InChI is InChI=1S/C18H16N4O/c1-13-17(20-22(19-13)15-8-3-2-4-9-15)18(23)21-12-11-14-7-5-6-10-16(14)21/h2-10H,11-12H2,1H3. The molecule has 0 N–H and O–H groups in total. The molecule has 0 saturated carbocycles. The van der Waals surface area contributed by atoms with Crippen molar-refractivity contribution in [1.29, 1.82) is 0 Å². The first-order valence-electron chi connectivity index (χ1n) is 7.63. The highest BCUT2D eigenvalue weighted by molar-refractivity contribution is 6.06. The van der Waals surface area contributed by atoms with Gasteiger partial charge in [-0.3, -0.25) is 4.79 Å². The summed E-state index contributed by atoms with van der Waals surface area (Å²) in [5, 5.41) is 8.80. The zero-order chi connectivity index (χ0) is 15.8. The Balaban J connectivity index is 1.69. The van der Waals surface area contributed by atoms with E-state index in [1.807, 2.05) is 55.5 Å². The molecule has 0 unspecified atom stereocenters. The molecule has 0 fully saturated rings. The summed E-state index contributed by atoms with van der Waals surface area (Å²) < 4.78 is 0. The summed E-state index contributed by atoms with van der Waals surface area (Å²) in [4.78, 5) is 16.2. The molecule has 3 aromatic rings. The highest BCUT2D eigenvalue weighted by Gasteiger charge is 2.28. The van der Waals surface area contributed by atoms with Gasteiger partial charge in [0.05, 0.1) is 11.4 Å². The number of rotatable bonds is 2. The molecule has 4 rings (SSSR count). The van der Waals surface area contributed by atoms with E-state index >= 15 is 0 Å². The number of amides is 1. The zero-order valence-electron chi connectivity index (χ0n) is 12.8. The van der Waals surface area contributed by atoms with E-state index in [2.05, 4.69) is 16.3 Å². The predicted molar refractivity (Wildman–Crippen MR) is 87.9 cm³/mol. The molecule has 23 heavy (non-hydrogen) atoms. The van der Waals surface area contributed by atoms with E-state index in [0.717, 1.165) is 17.8 Å². The zero-order valence-corrected chi connectivity index (χ0v) is 12.8. The molecule has 1 aliphatic rings. The molecule has 1 aliphatic heterocycles. The van der Waals surface area contributed by atoms with Crippen LogP contribution < -0.4 is 4.90 Å². The summed E-state index contributed by atoms with van der Waals surface area (Å²) in [7, 11) is 0. The van der Waals surface area contributed by atoms with Crippen molar-refractivity contribution in [2.24, 2.45) is 0 Å². The first kappa shape index (κ1) is 13.7. The van der Waals surface area contributed by atoms with Crippen LogP contribution in [0.15, 0.2) is 54.6 Å². The third-order valence-electron chi connectivity index (χ3n) is 4.10. The van der Waals surface area contributed by atoms with Crippen molar-refractivity contribution in [3.63, 3.8) is 0 Å². The van der Waals surface area contributed by atoms with Crippen LogP contribution in [0.4, 0.5) is 5.69 Å². The Bertz CT molecular complexity index is 870.